The average molecular weight is 465 g/mol. The number of nitrogens with zero attached hydrogens (tertiary/aromatic N) is 1. The van der Waals surface area contributed by atoms with Gasteiger partial charge in [0.1, 0.15) is 0 Å². The third-order valence-corrected chi connectivity index (χ3v) is 7.03. The largest absolute Gasteiger partial charge is 0.352 e. The number of carbonyl (C=O) groups is 1. The van der Waals surface area contributed by atoms with Crippen LogP contribution in [0.1, 0.15) is 61.0 Å². The van der Waals surface area contributed by atoms with E-state index in [1.54, 1.807) is 42.5 Å². The van der Waals surface area contributed by atoms with Crippen LogP contribution in [0.25, 0.3) is 0 Å². The zero-order valence-corrected chi connectivity index (χ0v) is 20.4. The summed E-state index contributed by atoms with van der Waals surface area (Å²) in [7, 11) is -3.51. The van der Waals surface area contributed by atoms with Gasteiger partial charge in [0.15, 0.2) is 0 Å². The minimum atomic E-state index is -3.51. The van der Waals surface area contributed by atoms with E-state index in [0.717, 1.165) is 30.4 Å². The molecule has 7 heteroatoms. The lowest BCUT2D eigenvalue weighted by atomic mass is 9.99. The molecule has 0 spiro atoms. The molecule has 0 bridgehead atoms. The molecule has 0 heterocycles. The molecule has 0 radical (unpaired) electrons. The fourth-order valence-electron chi connectivity index (χ4n) is 3.35. The predicted molar refractivity (Wildman–Crippen MR) is 129 cm³/mol. The van der Waals surface area contributed by atoms with Crippen molar-refractivity contribution in [3.05, 3.63) is 64.2 Å². The first-order chi connectivity index (χ1) is 14.7. The van der Waals surface area contributed by atoms with Crippen LogP contribution in [0.15, 0.2) is 42.5 Å². The van der Waals surface area contributed by atoms with Crippen LogP contribution in [0.3, 0.4) is 0 Å². The highest BCUT2D eigenvalue weighted by atomic mass is 35.5. The lowest BCUT2D eigenvalue weighted by Gasteiger charge is -2.23. The lowest BCUT2D eigenvalue weighted by molar-refractivity contribution is 0.0946. The molecule has 1 unspecified atom stereocenters. The van der Waals surface area contributed by atoms with Gasteiger partial charge in [-0.1, -0.05) is 62.9 Å². The number of hydrogen-bond donors (Lipinski definition) is 1. The Kier molecular flexibility index (Phi) is 9.38. The maximum atomic E-state index is 12.5. The highest BCUT2D eigenvalue weighted by molar-refractivity contribution is 7.92. The number of nitrogens with one attached hydrogen (secondary N) is 1. The molecular weight excluding hydrogens is 432 g/mol. The van der Waals surface area contributed by atoms with Gasteiger partial charge in [-0.25, -0.2) is 8.42 Å². The molecule has 0 aliphatic carbocycles. The zero-order chi connectivity index (χ0) is 23.0. The molecule has 1 amide bonds. The summed E-state index contributed by atoms with van der Waals surface area (Å²) >= 11 is 6.19. The minimum absolute atomic E-state index is 0.105. The Bertz CT molecular complexity index is 975. The first-order valence-corrected chi connectivity index (χ1v) is 13.0. The van der Waals surface area contributed by atoms with E-state index >= 15 is 0 Å². The quantitative estimate of drug-likeness (QED) is 0.473. The third kappa shape index (κ3) is 7.54. The van der Waals surface area contributed by atoms with Gasteiger partial charge in [0.2, 0.25) is 10.0 Å². The van der Waals surface area contributed by atoms with Crippen LogP contribution in [0.2, 0.25) is 5.02 Å². The van der Waals surface area contributed by atoms with Crippen LogP contribution >= 0.6 is 11.6 Å². The van der Waals surface area contributed by atoms with Crippen LogP contribution in [-0.2, 0) is 16.6 Å². The summed E-state index contributed by atoms with van der Waals surface area (Å²) in [6.07, 6.45) is 5.67. The van der Waals surface area contributed by atoms with Gasteiger partial charge in [-0.2, -0.15) is 0 Å². The average Bonchev–Trinajstić information content (AvgIpc) is 2.73. The lowest BCUT2D eigenvalue weighted by Crippen LogP contribution is -2.30. The fraction of sp³-hybridized carbons (Fsp3) is 0.458. The standard InChI is InChI=1S/C24H33ClN2O3S/c1-5-7-8-19(6-2)16-26-24(28)21-12-10-20(11-13-21)17-27(31(4,29)30)22-14-9-18(3)23(25)15-22/h9-15,19H,5-8,16-17H2,1-4H3,(H,26,28). The number of halogens is 1. The fourth-order valence-corrected chi connectivity index (χ4v) is 4.40. The number of hydrogen-bond acceptors (Lipinski definition) is 3. The summed E-state index contributed by atoms with van der Waals surface area (Å²) in [6.45, 7) is 7.02. The van der Waals surface area contributed by atoms with Crippen LogP contribution in [0.5, 0.6) is 0 Å². The first kappa shape index (κ1) is 25.2. The highest BCUT2D eigenvalue weighted by Gasteiger charge is 2.19. The molecule has 2 aromatic rings. The SMILES string of the molecule is CCCCC(CC)CNC(=O)c1ccc(CN(c2ccc(C)c(Cl)c2)S(C)(=O)=O)cc1. The smallest absolute Gasteiger partial charge is 0.251 e. The van der Waals surface area contributed by atoms with Crippen molar-refractivity contribution in [3.63, 3.8) is 0 Å². The molecule has 0 saturated heterocycles. The number of amides is 1. The Labute approximate surface area is 191 Å². The second-order valence-corrected chi connectivity index (χ2v) is 10.3. The summed E-state index contributed by atoms with van der Waals surface area (Å²) in [5, 5.41) is 3.54. The maximum absolute atomic E-state index is 12.5. The number of anilines is 1. The Morgan fingerprint density at radius 1 is 1.13 bits per heavy atom. The monoisotopic (exact) mass is 464 g/mol. The van der Waals surface area contributed by atoms with Gasteiger partial charge in [0.05, 0.1) is 18.5 Å². The summed E-state index contributed by atoms with van der Waals surface area (Å²) in [4.78, 5) is 12.5. The van der Waals surface area contributed by atoms with Gasteiger partial charge < -0.3 is 5.32 Å². The van der Waals surface area contributed by atoms with Gasteiger partial charge in [0, 0.05) is 17.1 Å². The van der Waals surface area contributed by atoms with E-state index in [4.69, 9.17) is 11.6 Å². The second-order valence-electron chi connectivity index (χ2n) is 8.03. The van der Waals surface area contributed by atoms with Crippen molar-refractivity contribution in [1.29, 1.82) is 0 Å². The number of carbonyl (C=O) groups excluding carboxylic acids is 1. The van der Waals surface area contributed by atoms with Crippen molar-refractivity contribution in [1.82, 2.24) is 5.32 Å². The molecule has 2 rings (SSSR count). The topological polar surface area (TPSA) is 66.5 Å². The second kappa shape index (κ2) is 11.5. The van der Waals surface area contributed by atoms with Gasteiger partial charge >= 0.3 is 0 Å². The number of aryl methyl sites for hydroxylation is 1. The Morgan fingerprint density at radius 3 is 2.35 bits per heavy atom. The molecule has 1 atom stereocenters. The number of unbranched alkanes of at least 4 members (excludes halogenated alkanes) is 1. The molecule has 0 fully saturated rings. The number of sulfonamides is 1. The number of rotatable bonds is 11. The van der Waals surface area contributed by atoms with Crippen LogP contribution in [0, 0.1) is 12.8 Å². The first-order valence-electron chi connectivity index (χ1n) is 10.8. The summed E-state index contributed by atoms with van der Waals surface area (Å²) < 4.78 is 26.1. The Balaban J connectivity index is 2.08. The molecule has 170 valence electrons. The van der Waals surface area contributed by atoms with Crippen molar-refractivity contribution in [2.75, 3.05) is 17.1 Å². The van der Waals surface area contributed by atoms with E-state index < -0.39 is 10.0 Å². The molecule has 0 aliphatic rings. The van der Waals surface area contributed by atoms with Crippen LogP contribution in [0.4, 0.5) is 5.69 Å². The molecule has 0 aliphatic heterocycles. The summed E-state index contributed by atoms with van der Waals surface area (Å²) in [5.74, 6) is 0.389. The molecule has 31 heavy (non-hydrogen) atoms. The van der Waals surface area contributed by atoms with Gasteiger partial charge in [-0.15, -0.1) is 0 Å². The normalized spacial score (nSPS) is 12.4. The van der Waals surface area contributed by atoms with Gasteiger partial charge in [0.25, 0.3) is 5.91 Å². The number of benzene rings is 2. The van der Waals surface area contributed by atoms with Crippen molar-refractivity contribution >= 4 is 33.2 Å². The van der Waals surface area contributed by atoms with Crippen molar-refractivity contribution < 1.29 is 13.2 Å². The Morgan fingerprint density at radius 2 is 1.81 bits per heavy atom. The summed E-state index contributed by atoms with van der Waals surface area (Å²) in [5.41, 5.74) is 2.75. The van der Waals surface area contributed by atoms with E-state index in [1.807, 2.05) is 6.92 Å². The van der Waals surface area contributed by atoms with Gasteiger partial charge in [-0.3, -0.25) is 9.10 Å². The molecular formula is C24H33ClN2O3S. The molecule has 5 nitrogen and oxygen atoms in total. The van der Waals surface area contributed by atoms with Gasteiger partial charge in [-0.05, 0) is 54.7 Å². The molecule has 1 N–H and O–H groups in total. The van der Waals surface area contributed by atoms with Crippen molar-refractivity contribution in [2.24, 2.45) is 5.92 Å². The maximum Gasteiger partial charge on any atom is 0.251 e. The minimum Gasteiger partial charge on any atom is -0.352 e. The predicted octanol–water partition coefficient (Wildman–Crippen LogP) is 5.56. The van der Waals surface area contributed by atoms with Crippen molar-refractivity contribution in [3.8, 4) is 0 Å². The van der Waals surface area contributed by atoms with Crippen LogP contribution in [-0.4, -0.2) is 27.1 Å². The zero-order valence-electron chi connectivity index (χ0n) is 18.8. The Hall–Kier alpha value is -2.05. The van der Waals surface area contributed by atoms with Crippen LogP contribution < -0.4 is 9.62 Å². The summed E-state index contributed by atoms with van der Waals surface area (Å²) in [6, 6.07) is 12.2. The van der Waals surface area contributed by atoms with E-state index in [0.29, 0.717) is 28.7 Å². The molecule has 0 saturated carbocycles. The van der Waals surface area contributed by atoms with E-state index in [9.17, 15) is 13.2 Å². The van der Waals surface area contributed by atoms with E-state index in [2.05, 4.69) is 19.2 Å². The van der Waals surface area contributed by atoms with E-state index in [1.165, 1.54) is 17.0 Å². The van der Waals surface area contributed by atoms with E-state index in [-0.39, 0.29) is 12.5 Å². The third-order valence-electron chi connectivity index (χ3n) is 5.48. The highest BCUT2D eigenvalue weighted by Crippen LogP contribution is 2.26. The van der Waals surface area contributed by atoms with Crippen molar-refractivity contribution in [2.45, 2.75) is 53.0 Å². The molecule has 2 aromatic carbocycles. The molecule has 0 aromatic heterocycles.